The number of carboxylic acids is 1. The molecule has 0 spiro atoms. The highest BCUT2D eigenvalue weighted by atomic mass is 32.1. The molecule has 0 bridgehead atoms. The smallest absolute Gasteiger partial charge is 0.317 e. The zero-order valence-electron chi connectivity index (χ0n) is 18.2. The monoisotopic (exact) mass is 450 g/mol. The lowest BCUT2D eigenvalue weighted by Gasteiger charge is -2.33. The molecule has 2 atom stereocenters. The Balaban J connectivity index is 1.59. The van der Waals surface area contributed by atoms with Crippen LogP contribution in [0.4, 0.5) is 0 Å². The lowest BCUT2D eigenvalue weighted by atomic mass is 9.77. The van der Waals surface area contributed by atoms with Gasteiger partial charge in [0.1, 0.15) is 21.8 Å². The van der Waals surface area contributed by atoms with Gasteiger partial charge in [-0.2, -0.15) is 5.26 Å². The second-order valence-electron chi connectivity index (χ2n) is 8.33. The van der Waals surface area contributed by atoms with E-state index in [2.05, 4.69) is 33.7 Å². The summed E-state index contributed by atoms with van der Waals surface area (Å²) < 4.78 is 5.72. The first kappa shape index (κ1) is 22.2. The van der Waals surface area contributed by atoms with Gasteiger partial charge < -0.3 is 15.2 Å². The van der Waals surface area contributed by atoms with Gasteiger partial charge in [-0.3, -0.25) is 4.79 Å². The number of hydrogen-bond acceptors (Lipinski definition) is 7. The van der Waals surface area contributed by atoms with Crippen molar-refractivity contribution in [1.82, 2.24) is 15.5 Å². The average Bonchev–Trinajstić information content (AvgIpc) is 3.27. The van der Waals surface area contributed by atoms with Gasteiger partial charge in [0.05, 0.1) is 18.2 Å². The Morgan fingerprint density at radius 1 is 1.41 bits per heavy atom. The molecule has 0 aliphatic heterocycles. The van der Waals surface area contributed by atoms with Gasteiger partial charge in [-0.25, -0.2) is 0 Å². The number of benzene rings is 1. The van der Waals surface area contributed by atoms with E-state index < -0.39 is 5.97 Å². The summed E-state index contributed by atoms with van der Waals surface area (Å²) in [4.78, 5) is 11.0. The van der Waals surface area contributed by atoms with E-state index in [0.717, 1.165) is 41.3 Å². The number of aromatic nitrogens is 2. The van der Waals surface area contributed by atoms with Crippen LogP contribution < -0.4 is 10.1 Å². The maximum atomic E-state index is 11.0. The maximum absolute atomic E-state index is 11.0. The Hall–Kier alpha value is -3.02. The zero-order valence-corrected chi connectivity index (χ0v) is 19.0. The van der Waals surface area contributed by atoms with Crippen molar-refractivity contribution in [3.05, 3.63) is 52.1 Å². The molecule has 2 aliphatic rings. The summed E-state index contributed by atoms with van der Waals surface area (Å²) in [5.74, 6) is -0.107. The Kier molecular flexibility index (Phi) is 6.68. The molecule has 1 aromatic heterocycles. The summed E-state index contributed by atoms with van der Waals surface area (Å²) in [6, 6.07) is 7.81. The largest absolute Gasteiger partial charge is 0.490 e. The van der Waals surface area contributed by atoms with Crippen molar-refractivity contribution < 1.29 is 14.6 Å². The van der Waals surface area contributed by atoms with Gasteiger partial charge in [-0.05, 0) is 63.3 Å². The molecule has 2 aliphatic carbocycles. The first-order valence-electron chi connectivity index (χ1n) is 10.9. The summed E-state index contributed by atoms with van der Waals surface area (Å²) in [6.07, 6.45) is 8.10. The number of nitrogens with zero attached hydrogens (tertiary/aromatic N) is 3. The van der Waals surface area contributed by atoms with E-state index in [9.17, 15) is 10.1 Å². The Morgan fingerprint density at radius 2 is 2.25 bits per heavy atom. The molecule has 0 fully saturated rings. The molecule has 2 aromatic rings. The number of carboxylic acid groups (broad SMARTS) is 1. The molecule has 0 radical (unpaired) electrons. The number of nitrogens with one attached hydrogen (secondary N) is 1. The summed E-state index contributed by atoms with van der Waals surface area (Å²) >= 11 is 1.55. The predicted molar refractivity (Wildman–Crippen MR) is 123 cm³/mol. The number of carbonyl (C=O) groups is 1. The van der Waals surface area contributed by atoms with Gasteiger partial charge in [0.2, 0.25) is 0 Å². The summed E-state index contributed by atoms with van der Waals surface area (Å²) in [5.41, 5.74) is 3.87. The number of hydrogen-bond donors (Lipinski definition) is 2. The second-order valence-corrected chi connectivity index (χ2v) is 9.33. The van der Waals surface area contributed by atoms with E-state index in [0.29, 0.717) is 11.3 Å². The Morgan fingerprint density at radius 3 is 3.00 bits per heavy atom. The van der Waals surface area contributed by atoms with Crippen LogP contribution in [0.25, 0.3) is 10.6 Å². The quantitative estimate of drug-likeness (QED) is 0.642. The normalized spacial score (nSPS) is 20.2. The highest BCUT2D eigenvalue weighted by Crippen LogP contribution is 2.43. The van der Waals surface area contributed by atoms with E-state index in [1.165, 1.54) is 11.1 Å². The molecular weight excluding hydrogens is 424 g/mol. The van der Waals surface area contributed by atoms with E-state index in [1.807, 2.05) is 26.0 Å². The molecular formula is C24H26N4O3S. The molecule has 8 heteroatoms. The Labute approximate surface area is 191 Å². The van der Waals surface area contributed by atoms with Crippen LogP contribution in [0.1, 0.15) is 56.0 Å². The first-order chi connectivity index (χ1) is 15.5. The fraction of sp³-hybridized carbons (Fsp3) is 0.417. The highest BCUT2D eigenvalue weighted by Gasteiger charge is 2.31. The van der Waals surface area contributed by atoms with Gasteiger partial charge in [0.15, 0.2) is 0 Å². The fourth-order valence-electron chi connectivity index (χ4n) is 4.36. The minimum atomic E-state index is -0.843. The summed E-state index contributed by atoms with van der Waals surface area (Å²) in [5, 5.41) is 32.4. The van der Waals surface area contributed by atoms with Crippen LogP contribution in [0, 0.1) is 11.3 Å². The number of aliphatic carboxylic acids is 1. The predicted octanol–water partition coefficient (Wildman–Crippen LogP) is 4.43. The van der Waals surface area contributed by atoms with Crippen molar-refractivity contribution >= 4 is 17.3 Å². The topological polar surface area (TPSA) is 108 Å². The van der Waals surface area contributed by atoms with Crippen LogP contribution in [-0.4, -0.2) is 40.0 Å². The van der Waals surface area contributed by atoms with E-state index in [4.69, 9.17) is 9.84 Å². The van der Waals surface area contributed by atoms with Gasteiger partial charge >= 0.3 is 5.97 Å². The van der Waals surface area contributed by atoms with Gasteiger partial charge in [-0.1, -0.05) is 29.1 Å². The third-order valence-electron chi connectivity index (χ3n) is 5.72. The van der Waals surface area contributed by atoms with Gasteiger partial charge in [-0.15, -0.1) is 10.2 Å². The van der Waals surface area contributed by atoms with E-state index in [-0.39, 0.29) is 24.6 Å². The first-order valence-corrected chi connectivity index (χ1v) is 11.7. The highest BCUT2D eigenvalue weighted by molar-refractivity contribution is 7.14. The third-order valence-corrected chi connectivity index (χ3v) is 6.81. The SMILES string of the molecule is CC(C)Oc1ccc(-c2nnc([C@H]3CC=CC4=C3CCC[C@@H]4NCC(=O)O)s2)cc1C#N. The van der Waals surface area contributed by atoms with Gasteiger partial charge in [0, 0.05) is 17.5 Å². The van der Waals surface area contributed by atoms with Crippen LogP contribution in [0.3, 0.4) is 0 Å². The van der Waals surface area contributed by atoms with Crippen molar-refractivity contribution in [3.63, 3.8) is 0 Å². The fourth-order valence-corrected chi connectivity index (χ4v) is 5.35. The molecule has 166 valence electrons. The lowest BCUT2D eigenvalue weighted by Crippen LogP contribution is -2.37. The molecule has 4 rings (SSSR count). The number of allylic oxidation sites excluding steroid dienone is 2. The van der Waals surface area contributed by atoms with Crippen molar-refractivity contribution in [3.8, 4) is 22.4 Å². The minimum absolute atomic E-state index is 0.00721. The second kappa shape index (κ2) is 9.63. The van der Waals surface area contributed by atoms with Crippen LogP contribution in [-0.2, 0) is 4.79 Å². The molecule has 0 amide bonds. The van der Waals surface area contributed by atoms with Gasteiger partial charge in [0.25, 0.3) is 0 Å². The van der Waals surface area contributed by atoms with Crippen molar-refractivity contribution in [2.45, 2.75) is 57.6 Å². The van der Waals surface area contributed by atoms with Crippen LogP contribution >= 0.6 is 11.3 Å². The molecule has 0 saturated heterocycles. The van der Waals surface area contributed by atoms with Crippen LogP contribution in [0.5, 0.6) is 5.75 Å². The lowest BCUT2D eigenvalue weighted by molar-refractivity contribution is -0.136. The van der Waals surface area contributed by atoms with Crippen LogP contribution in [0.15, 0.2) is 41.5 Å². The molecule has 1 heterocycles. The molecule has 32 heavy (non-hydrogen) atoms. The minimum Gasteiger partial charge on any atom is -0.490 e. The standard InChI is InChI=1S/C24H26N4O3S/c1-14(2)31-21-10-9-15(11-16(21)12-25)23-27-28-24(32-23)19-7-3-6-18-17(19)5-4-8-20(18)26-13-22(29)30/h3,6,9-11,14,19-20,26H,4-5,7-8,13H2,1-2H3,(H,29,30)/t19-,20-/m0/s1. The number of nitriles is 1. The number of ether oxygens (including phenoxy) is 1. The van der Waals surface area contributed by atoms with Crippen molar-refractivity contribution in [1.29, 1.82) is 5.26 Å². The maximum Gasteiger partial charge on any atom is 0.317 e. The van der Waals surface area contributed by atoms with Crippen molar-refractivity contribution in [2.24, 2.45) is 0 Å². The molecule has 0 saturated carbocycles. The average molecular weight is 451 g/mol. The van der Waals surface area contributed by atoms with Crippen LogP contribution in [0.2, 0.25) is 0 Å². The third kappa shape index (κ3) is 4.74. The van der Waals surface area contributed by atoms with Crippen molar-refractivity contribution in [2.75, 3.05) is 6.54 Å². The zero-order chi connectivity index (χ0) is 22.7. The molecule has 0 unspecified atom stereocenters. The molecule has 7 nitrogen and oxygen atoms in total. The molecule has 2 N–H and O–H groups in total. The number of rotatable bonds is 7. The Bertz CT molecular complexity index is 1110. The summed E-state index contributed by atoms with van der Waals surface area (Å²) in [6.45, 7) is 3.82. The molecule has 1 aromatic carbocycles. The summed E-state index contributed by atoms with van der Waals surface area (Å²) in [7, 11) is 0. The van der Waals surface area contributed by atoms with E-state index in [1.54, 1.807) is 17.4 Å². The van der Waals surface area contributed by atoms with E-state index >= 15 is 0 Å².